The lowest BCUT2D eigenvalue weighted by molar-refractivity contribution is -0.169. The third-order valence-corrected chi connectivity index (χ3v) is 3.54. The lowest BCUT2D eigenvalue weighted by Gasteiger charge is -2.46. The zero-order chi connectivity index (χ0) is 13.8. The van der Waals surface area contributed by atoms with Crippen LogP contribution >= 0.6 is 0 Å². The van der Waals surface area contributed by atoms with Gasteiger partial charge in [-0.25, -0.2) is 0 Å². The van der Waals surface area contributed by atoms with E-state index in [0.29, 0.717) is 25.9 Å². The summed E-state index contributed by atoms with van der Waals surface area (Å²) in [6.07, 6.45) is 4.25. The second-order valence-electron chi connectivity index (χ2n) is 4.49. The van der Waals surface area contributed by atoms with Crippen LogP contribution in [-0.2, 0) is 9.59 Å². The molecule has 18 heavy (non-hydrogen) atoms. The Balaban J connectivity index is 3.25. The topological polar surface area (TPSA) is 77.8 Å². The molecule has 0 amide bonds. The first-order chi connectivity index (χ1) is 8.50. The van der Waals surface area contributed by atoms with Gasteiger partial charge < -0.3 is 10.2 Å². The summed E-state index contributed by atoms with van der Waals surface area (Å²) in [6, 6.07) is 0. The van der Waals surface area contributed by atoms with Gasteiger partial charge in [-0.15, -0.1) is 13.2 Å². The summed E-state index contributed by atoms with van der Waals surface area (Å²) in [5, 5.41) is 18.8. The molecular weight excluding hydrogens is 234 g/mol. The summed E-state index contributed by atoms with van der Waals surface area (Å²) in [4.78, 5) is 24.7. The minimum absolute atomic E-state index is 0.118. The fourth-order valence-corrected chi connectivity index (χ4v) is 2.75. The Labute approximate surface area is 106 Å². The minimum atomic E-state index is -1.40. The van der Waals surface area contributed by atoms with Gasteiger partial charge in [0.1, 0.15) is 5.54 Å². The van der Waals surface area contributed by atoms with Crippen LogP contribution in [0.1, 0.15) is 19.3 Å². The number of hydrogen-bond donors (Lipinski definition) is 2. The summed E-state index contributed by atoms with van der Waals surface area (Å²) in [6.45, 7) is 8.09. The third kappa shape index (κ3) is 2.31. The quantitative estimate of drug-likeness (QED) is 0.699. The SMILES string of the molecule is C=CCN1CCCC(C(=O)O)C1(CC=C)C(=O)O. The van der Waals surface area contributed by atoms with Gasteiger partial charge in [0.2, 0.25) is 0 Å². The van der Waals surface area contributed by atoms with Crippen molar-refractivity contribution in [1.29, 1.82) is 0 Å². The Hall–Kier alpha value is -1.62. The van der Waals surface area contributed by atoms with Gasteiger partial charge in [-0.2, -0.15) is 0 Å². The van der Waals surface area contributed by atoms with Crippen molar-refractivity contribution in [2.45, 2.75) is 24.8 Å². The first kappa shape index (κ1) is 14.4. The van der Waals surface area contributed by atoms with Crippen molar-refractivity contribution in [3.8, 4) is 0 Å². The first-order valence-corrected chi connectivity index (χ1v) is 5.93. The molecule has 5 heteroatoms. The molecule has 0 aromatic heterocycles. The molecule has 1 heterocycles. The molecule has 5 nitrogen and oxygen atoms in total. The van der Waals surface area contributed by atoms with Crippen molar-refractivity contribution >= 4 is 11.9 Å². The van der Waals surface area contributed by atoms with Crippen LogP contribution in [0.15, 0.2) is 25.3 Å². The molecule has 2 N–H and O–H groups in total. The maximum absolute atomic E-state index is 11.7. The molecule has 2 unspecified atom stereocenters. The van der Waals surface area contributed by atoms with E-state index in [0.717, 1.165) is 0 Å². The number of likely N-dealkylation sites (tertiary alicyclic amines) is 1. The Morgan fingerprint density at radius 3 is 2.44 bits per heavy atom. The molecule has 2 atom stereocenters. The second-order valence-corrected chi connectivity index (χ2v) is 4.49. The van der Waals surface area contributed by atoms with Gasteiger partial charge in [0, 0.05) is 6.54 Å². The first-order valence-electron chi connectivity index (χ1n) is 5.93. The molecular formula is C13H19NO4. The van der Waals surface area contributed by atoms with Gasteiger partial charge >= 0.3 is 11.9 Å². The molecule has 1 saturated heterocycles. The van der Waals surface area contributed by atoms with Crippen LogP contribution in [0.5, 0.6) is 0 Å². The Bertz CT molecular complexity index is 366. The third-order valence-electron chi connectivity index (χ3n) is 3.54. The number of aliphatic carboxylic acids is 2. The highest BCUT2D eigenvalue weighted by molar-refractivity contribution is 5.87. The number of hydrogen-bond acceptors (Lipinski definition) is 3. The molecule has 1 fully saturated rings. The van der Waals surface area contributed by atoms with Crippen LogP contribution < -0.4 is 0 Å². The smallest absolute Gasteiger partial charge is 0.325 e. The number of carboxylic acids is 2. The van der Waals surface area contributed by atoms with Gasteiger partial charge in [-0.1, -0.05) is 12.2 Å². The lowest BCUT2D eigenvalue weighted by atomic mass is 9.74. The Morgan fingerprint density at radius 2 is 2.00 bits per heavy atom. The molecule has 0 aromatic rings. The van der Waals surface area contributed by atoms with Crippen molar-refractivity contribution in [1.82, 2.24) is 4.90 Å². The fraction of sp³-hybridized carbons (Fsp3) is 0.538. The van der Waals surface area contributed by atoms with Crippen LogP contribution in [-0.4, -0.2) is 45.7 Å². The van der Waals surface area contributed by atoms with Gasteiger partial charge in [0.15, 0.2) is 0 Å². The molecule has 0 bridgehead atoms. The van der Waals surface area contributed by atoms with E-state index in [2.05, 4.69) is 13.2 Å². The van der Waals surface area contributed by atoms with E-state index in [1.54, 1.807) is 11.0 Å². The Kier molecular flexibility index (Phi) is 4.67. The molecule has 1 aliphatic heterocycles. The molecule has 100 valence electrons. The molecule has 0 spiro atoms. The number of piperidine rings is 1. The maximum Gasteiger partial charge on any atom is 0.325 e. The minimum Gasteiger partial charge on any atom is -0.481 e. The molecule has 0 aromatic carbocycles. The van der Waals surface area contributed by atoms with Crippen molar-refractivity contribution < 1.29 is 19.8 Å². The summed E-state index contributed by atoms with van der Waals surface area (Å²) in [5.74, 6) is -3.08. The summed E-state index contributed by atoms with van der Waals surface area (Å²) >= 11 is 0. The monoisotopic (exact) mass is 253 g/mol. The van der Waals surface area contributed by atoms with Crippen LogP contribution in [0.2, 0.25) is 0 Å². The van der Waals surface area contributed by atoms with E-state index in [1.165, 1.54) is 6.08 Å². The summed E-state index contributed by atoms with van der Waals surface area (Å²) < 4.78 is 0. The molecule has 0 aliphatic carbocycles. The van der Waals surface area contributed by atoms with Gasteiger partial charge in [0.25, 0.3) is 0 Å². The highest BCUT2D eigenvalue weighted by Gasteiger charge is 2.54. The zero-order valence-electron chi connectivity index (χ0n) is 10.3. The average molecular weight is 253 g/mol. The molecule has 0 saturated carbocycles. The molecule has 1 rings (SSSR count). The van der Waals surface area contributed by atoms with E-state index in [1.807, 2.05) is 0 Å². The highest BCUT2D eigenvalue weighted by Crippen LogP contribution is 2.37. The van der Waals surface area contributed by atoms with Gasteiger partial charge in [-0.05, 0) is 25.8 Å². The van der Waals surface area contributed by atoms with Crippen molar-refractivity contribution in [3.63, 3.8) is 0 Å². The van der Waals surface area contributed by atoms with Crippen LogP contribution in [0.25, 0.3) is 0 Å². The van der Waals surface area contributed by atoms with E-state index >= 15 is 0 Å². The standard InChI is InChI=1S/C13H19NO4/c1-3-7-13(12(17)18)10(11(15)16)6-5-9-14(13)8-4-2/h3-4,10H,1-2,5-9H2,(H,15,16)(H,17,18). The maximum atomic E-state index is 11.7. The van der Waals surface area contributed by atoms with Crippen molar-refractivity contribution in [2.24, 2.45) is 5.92 Å². The lowest BCUT2D eigenvalue weighted by Crippen LogP contribution is -2.63. The molecule has 1 aliphatic rings. The van der Waals surface area contributed by atoms with Gasteiger partial charge in [0.05, 0.1) is 5.92 Å². The van der Waals surface area contributed by atoms with Gasteiger partial charge in [-0.3, -0.25) is 14.5 Å². The van der Waals surface area contributed by atoms with Crippen molar-refractivity contribution in [2.75, 3.05) is 13.1 Å². The predicted molar refractivity (Wildman–Crippen MR) is 67.3 cm³/mol. The predicted octanol–water partition coefficient (Wildman–Crippen LogP) is 1.37. The largest absolute Gasteiger partial charge is 0.481 e. The van der Waals surface area contributed by atoms with Crippen LogP contribution in [0.4, 0.5) is 0 Å². The van der Waals surface area contributed by atoms with E-state index in [9.17, 15) is 19.8 Å². The second kappa shape index (κ2) is 5.82. The fourth-order valence-electron chi connectivity index (χ4n) is 2.75. The highest BCUT2D eigenvalue weighted by atomic mass is 16.4. The number of rotatable bonds is 6. The summed E-state index contributed by atoms with van der Waals surface area (Å²) in [7, 11) is 0. The number of nitrogens with zero attached hydrogens (tertiary/aromatic N) is 1. The van der Waals surface area contributed by atoms with E-state index < -0.39 is 23.4 Å². The van der Waals surface area contributed by atoms with E-state index in [-0.39, 0.29) is 6.42 Å². The number of carboxylic acid groups (broad SMARTS) is 2. The van der Waals surface area contributed by atoms with Crippen LogP contribution in [0, 0.1) is 5.92 Å². The summed E-state index contributed by atoms with van der Waals surface area (Å²) in [5.41, 5.74) is -1.40. The zero-order valence-corrected chi connectivity index (χ0v) is 10.3. The van der Waals surface area contributed by atoms with E-state index in [4.69, 9.17) is 0 Å². The number of carbonyl (C=O) groups is 2. The molecule has 0 radical (unpaired) electrons. The van der Waals surface area contributed by atoms with Crippen molar-refractivity contribution in [3.05, 3.63) is 25.3 Å². The Morgan fingerprint density at radius 1 is 1.33 bits per heavy atom. The normalized spacial score (nSPS) is 28.6. The van der Waals surface area contributed by atoms with Crippen LogP contribution in [0.3, 0.4) is 0 Å². The average Bonchev–Trinajstić information content (AvgIpc) is 2.31.